The van der Waals surface area contributed by atoms with Gasteiger partial charge in [0, 0.05) is 19.2 Å². The molecule has 0 radical (unpaired) electrons. The molecule has 1 amide bonds. The van der Waals surface area contributed by atoms with Gasteiger partial charge in [0.25, 0.3) is 11.5 Å². The molecule has 2 heterocycles. The van der Waals surface area contributed by atoms with Crippen LogP contribution in [0.1, 0.15) is 29.9 Å². The number of aryl methyl sites for hydroxylation is 1. The molecule has 5 heteroatoms. The Kier molecular flexibility index (Phi) is 2.86. The Labute approximate surface area is 134 Å². The number of hydrogen-bond acceptors (Lipinski definition) is 2. The van der Waals surface area contributed by atoms with Gasteiger partial charge in [0.1, 0.15) is 5.69 Å². The first-order valence-corrected chi connectivity index (χ1v) is 8.06. The Morgan fingerprint density at radius 1 is 1.17 bits per heavy atom. The summed E-state index contributed by atoms with van der Waals surface area (Å²) in [7, 11) is 0. The molecule has 0 spiro atoms. The third kappa shape index (κ3) is 2.14. The number of fused-ring (bicyclic) bond motifs is 1. The number of nitrogens with zero attached hydrogens (tertiary/aromatic N) is 2. The van der Waals surface area contributed by atoms with E-state index in [1.165, 1.54) is 10.7 Å². The largest absolute Gasteiger partial charge is 0.337 e. The molecule has 5 nitrogen and oxygen atoms in total. The van der Waals surface area contributed by atoms with Gasteiger partial charge in [-0.3, -0.25) is 14.7 Å². The number of rotatable bonds is 2. The molecule has 120 valence electrons. The quantitative estimate of drug-likeness (QED) is 0.924. The number of aromatic amines is 1. The van der Waals surface area contributed by atoms with Gasteiger partial charge >= 0.3 is 0 Å². The van der Waals surface area contributed by atoms with Crippen LogP contribution in [0.4, 0.5) is 0 Å². The van der Waals surface area contributed by atoms with Crippen LogP contribution < -0.4 is 5.56 Å². The van der Waals surface area contributed by atoms with E-state index in [9.17, 15) is 9.59 Å². The van der Waals surface area contributed by atoms with E-state index < -0.39 is 0 Å². The summed E-state index contributed by atoms with van der Waals surface area (Å²) >= 11 is 0. The Bertz CT molecular complexity index is 815. The lowest BCUT2D eigenvalue weighted by Crippen LogP contribution is -2.33. The van der Waals surface area contributed by atoms with Gasteiger partial charge in [0.2, 0.25) is 0 Å². The second kappa shape index (κ2) is 4.60. The molecule has 4 rings (SSSR count). The van der Waals surface area contributed by atoms with E-state index in [0.29, 0.717) is 22.9 Å². The summed E-state index contributed by atoms with van der Waals surface area (Å²) in [5, 5.41) is 2.96. The number of amides is 1. The standard InChI is InChI=1S/C18H21N3O2/c1-11-4-6-12(7-5-11)21-16(22)8-15(19-21)17(23)20-9-13-14(10-20)18(13,2)3/h4-8,13-14,19H,9-10H2,1-3H3/t13-,14-/m0/s1. The molecule has 1 N–H and O–H groups in total. The van der Waals surface area contributed by atoms with Gasteiger partial charge in [-0.15, -0.1) is 0 Å². The van der Waals surface area contributed by atoms with Crippen LogP contribution >= 0.6 is 0 Å². The fourth-order valence-corrected chi connectivity index (χ4v) is 3.86. The van der Waals surface area contributed by atoms with Crippen molar-refractivity contribution in [3.63, 3.8) is 0 Å². The maximum absolute atomic E-state index is 12.6. The lowest BCUT2D eigenvalue weighted by atomic mass is 10.1. The molecule has 1 aliphatic carbocycles. The van der Waals surface area contributed by atoms with Crippen molar-refractivity contribution in [2.24, 2.45) is 17.3 Å². The molecule has 1 aromatic heterocycles. The van der Waals surface area contributed by atoms with Crippen LogP contribution in [0.25, 0.3) is 5.69 Å². The van der Waals surface area contributed by atoms with Gasteiger partial charge < -0.3 is 4.90 Å². The average molecular weight is 311 g/mol. The number of H-pyrrole nitrogens is 1. The Balaban J connectivity index is 1.57. The van der Waals surface area contributed by atoms with Crippen LogP contribution in [0.2, 0.25) is 0 Å². The van der Waals surface area contributed by atoms with Crippen molar-refractivity contribution < 1.29 is 4.79 Å². The predicted molar refractivity (Wildman–Crippen MR) is 87.8 cm³/mol. The molecule has 0 unspecified atom stereocenters. The lowest BCUT2D eigenvalue weighted by molar-refractivity contribution is 0.0751. The minimum Gasteiger partial charge on any atom is -0.337 e. The highest BCUT2D eigenvalue weighted by Gasteiger charge is 2.62. The first-order chi connectivity index (χ1) is 10.9. The van der Waals surface area contributed by atoms with Crippen LogP contribution in [0, 0.1) is 24.2 Å². The van der Waals surface area contributed by atoms with Crippen molar-refractivity contribution in [2.75, 3.05) is 13.1 Å². The normalized spacial score (nSPS) is 24.6. The van der Waals surface area contributed by atoms with Gasteiger partial charge in [0.15, 0.2) is 0 Å². The maximum atomic E-state index is 12.6. The number of hydrogen-bond donors (Lipinski definition) is 1. The Hall–Kier alpha value is -2.30. The summed E-state index contributed by atoms with van der Waals surface area (Å²) in [5.74, 6) is 1.14. The van der Waals surface area contributed by atoms with Crippen LogP contribution in [0.5, 0.6) is 0 Å². The first-order valence-electron chi connectivity index (χ1n) is 8.06. The van der Waals surface area contributed by atoms with E-state index in [1.807, 2.05) is 36.1 Å². The fraction of sp³-hybridized carbons (Fsp3) is 0.444. The molecular weight excluding hydrogens is 290 g/mol. The third-order valence-corrected chi connectivity index (χ3v) is 5.65. The maximum Gasteiger partial charge on any atom is 0.271 e. The smallest absolute Gasteiger partial charge is 0.271 e. The number of aromatic nitrogens is 2. The highest BCUT2D eigenvalue weighted by atomic mass is 16.2. The summed E-state index contributed by atoms with van der Waals surface area (Å²) in [5.41, 5.74) is 2.41. The fourth-order valence-electron chi connectivity index (χ4n) is 3.86. The van der Waals surface area contributed by atoms with E-state index in [1.54, 1.807) is 0 Å². The van der Waals surface area contributed by atoms with Crippen molar-refractivity contribution >= 4 is 5.91 Å². The van der Waals surface area contributed by atoms with E-state index in [-0.39, 0.29) is 11.5 Å². The second-order valence-corrected chi connectivity index (χ2v) is 7.42. The molecule has 1 aromatic carbocycles. The molecule has 2 aliphatic rings. The van der Waals surface area contributed by atoms with E-state index in [0.717, 1.165) is 24.3 Å². The number of nitrogens with one attached hydrogen (secondary N) is 1. The van der Waals surface area contributed by atoms with Gasteiger partial charge in [0.05, 0.1) is 5.69 Å². The minimum atomic E-state index is -0.207. The SMILES string of the molecule is Cc1ccc(-n2[nH]c(C(=O)N3C[C@H]4[C@H](C3)C4(C)C)cc2=O)cc1. The summed E-state index contributed by atoms with van der Waals surface area (Å²) in [6.45, 7) is 8.12. The highest BCUT2D eigenvalue weighted by molar-refractivity contribution is 5.92. The van der Waals surface area contributed by atoms with Crippen molar-refractivity contribution in [1.29, 1.82) is 0 Å². The number of piperidine rings is 1. The van der Waals surface area contributed by atoms with E-state index >= 15 is 0 Å². The van der Waals surface area contributed by atoms with Crippen LogP contribution in [-0.2, 0) is 0 Å². The molecule has 2 aromatic rings. The average Bonchev–Trinajstić information content (AvgIpc) is 2.95. The van der Waals surface area contributed by atoms with Crippen LogP contribution in [0.15, 0.2) is 35.1 Å². The van der Waals surface area contributed by atoms with Gasteiger partial charge in [-0.1, -0.05) is 31.5 Å². The zero-order chi connectivity index (χ0) is 16.4. The summed E-state index contributed by atoms with van der Waals surface area (Å²) in [6, 6.07) is 9.03. The number of carbonyl (C=O) groups is 1. The molecule has 1 saturated carbocycles. The van der Waals surface area contributed by atoms with Crippen molar-refractivity contribution in [3.05, 3.63) is 51.9 Å². The van der Waals surface area contributed by atoms with Crippen molar-refractivity contribution in [1.82, 2.24) is 14.7 Å². The molecule has 2 atom stereocenters. The summed E-state index contributed by atoms with van der Waals surface area (Å²) < 4.78 is 1.42. The molecule has 23 heavy (non-hydrogen) atoms. The van der Waals surface area contributed by atoms with Crippen molar-refractivity contribution in [3.8, 4) is 5.69 Å². The molecule has 1 saturated heterocycles. The van der Waals surface area contributed by atoms with Gasteiger partial charge in [-0.2, -0.15) is 0 Å². The van der Waals surface area contributed by atoms with E-state index in [4.69, 9.17) is 0 Å². The van der Waals surface area contributed by atoms with Gasteiger partial charge in [-0.05, 0) is 36.3 Å². The predicted octanol–water partition coefficient (Wildman–Crippen LogP) is 2.20. The topological polar surface area (TPSA) is 58.1 Å². The molecular formula is C18H21N3O2. The number of likely N-dealkylation sites (tertiary alicyclic amines) is 1. The number of benzene rings is 1. The van der Waals surface area contributed by atoms with Crippen molar-refractivity contribution in [2.45, 2.75) is 20.8 Å². The second-order valence-electron chi connectivity index (χ2n) is 7.42. The zero-order valence-corrected chi connectivity index (χ0v) is 13.7. The summed E-state index contributed by atoms with van der Waals surface area (Å²) in [6.07, 6.45) is 0. The van der Waals surface area contributed by atoms with Crippen LogP contribution in [-0.4, -0.2) is 33.7 Å². The Morgan fingerprint density at radius 3 is 2.39 bits per heavy atom. The van der Waals surface area contributed by atoms with E-state index in [2.05, 4.69) is 18.9 Å². The Morgan fingerprint density at radius 2 is 1.78 bits per heavy atom. The highest BCUT2D eigenvalue weighted by Crippen LogP contribution is 2.62. The number of carbonyl (C=O) groups excluding carboxylic acids is 1. The zero-order valence-electron chi connectivity index (χ0n) is 13.7. The monoisotopic (exact) mass is 311 g/mol. The van der Waals surface area contributed by atoms with Crippen LogP contribution in [0.3, 0.4) is 0 Å². The lowest BCUT2D eigenvalue weighted by Gasteiger charge is -2.21. The first kappa shape index (κ1) is 14.3. The minimum absolute atomic E-state index is 0.0732. The molecule has 1 aliphatic heterocycles. The third-order valence-electron chi connectivity index (χ3n) is 5.65. The summed E-state index contributed by atoms with van der Waals surface area (Å²) in [4.78, 5) is 26.7. The molecule has 0 bridgehead atoms. The van der Waals surface area contributed by atoms with Gasteiger partial charge in [-0.25, -0.2) is 4.68 Å². The molecule has 2 fully saturated rings.